The third-order valence-electron chi connectivity index (χ3n) is 3.17. The van der Waals surface area contributed by atoms with Gasteiger partial charge >= 0.3 is 0 Å². The topological polar surface area (TPSA) is 47.4 Å². The van der Waals surface area contributed by atoms with Crippen molar-refractivity contribution < 1.29 is 9.53 Å². The first-order valence-corrected chi connectivity index (χ1v) is 5.84. The highest BCUT2D eigenvalue weighted by atomic mass is 16.5. The lowest BCUT2D eigenvalue weighted by Gasteiger charge is -2.18. The van der Waals surface area contributed by atoms with Crippen LogP contribution in [-0.4, -0.2) is 40.3 Å². The minimum Gasteiger partial charge on any atom is -0.477 e. The number of likely N-dealkylation sites (tertiary alicyclic amines) is 1. The molecule has 5 nitrogen and oxygen atoms in total. The monoisotopic (exact) mass is 221 g/mol. The first kappa shape index (κ1) is 9.69. The fourth-order valence-corrected chi connectivity index (χ4v) is 2.31. The number of ether oxygens (including phenoxy) is 1. The lowest BCUT2D eigenvalue weighted by molar-refractivity contribution is 0.0786. The van der Waals surface area contributed by atoms with Crippen molar-refractivity contribution >= 4 is 5.91 Å². The van der Waals surface area contributed by atoms with Crippen molar-refractivity contribution in [2.45, 2.75) is 25.8 Å². The summed E-state index contributed by atoms with van der Waals surface area (Å²) in [6.07, 6.45) is 4.82. The molecule has 0 aromatic carbocycles. The van der Waals surface area contributed by atoms with Gasteiger partial charge in [-0.1, -0.05) is 0 Å². The van der Waals surface area contributed by atoms with Crippen molar-refractivity contribution in [1.82, 2.24) is 14.7 Å². The maximum absolute atomic E-state index is 12.2. The summed E-state index contributed by atoms with van der Waals surface area (Å²) in [6, 6.07) is 0. The molecule has 0 N–H and O–H groups in total. The first-order valence-electron chi connectivity index (χ1n) is 5.84. The van der Waals surface area contributed by atoms with E-state index in [1.54, 1.807) is 10.9 Å². The molecule has 2 aliphatic heterocycles. The molecular weight excluding hydrogens is 206 g/mol. The molecule has 86 valence electrons. The van der Waals surface area contributed by atoms with Crippen LogP contribution in [0, 0.1) is 0 Å². The molecule has 16 heavy (non-hydrogen) atoms. The third kappa shape index (κ3) is 1.47. The number of nitrogens with zero attached hydrogens (tertiary/aromatic N) is 3. The zero-order valence-electron chi connectivity index (χ0n) is 9.19. The van der Waals surface area contributed by atoms with E-state index >= 15 is 0 Å². The van der Waals surface area contributed by atoms with Gasteiger partial charge in [0.25, 0.3) is 5.91 Å². The molecule has 0 atom stereocenters. The number of carbonyl (C=O) groups excluding carboxylic acids is 1. The van der Waals surface area contributed by atoms with E-state index in [-0.39, 0.29) is 5.91 Å². The molecule has 1 amide bonds. The van der Waals surface area contributed by atoms with Crippen molar-refractivity contribution in [3.63, 3.8) is 0 Å². The summed E-state index contributed by atoms with van der Waals surface area (Å²) in [5.74, 6) is 0.726. The Kier molecular flexibility index (Phi) is 2.31. The van der Waals surface area contributed by atoms with Gasteiger partial charge in [-0.15, -0.1) is 0 Å². The second kappa shape index (κ2) is 3.81. The molecule has 1 fully saturated rings. The van der Waals surface area contributed by atoms with E-state index in [9.17, 15) is 4.79 Å². The van der Waals surface area contributed by atoms with Gasteiger partial charge in [0, 0.05) is 26.1 Å². The van der Waals surface area contributed by atoms with E-state index in [2.05, 4.69) is 5.10 Å². The molecule has 1 saturated heterocycles. The summed E-state index contributed by atoms with van der Waals surface area (Å²) < 4.78 is 7.31. The Bertz CT molecular complexity index is 407. The van der Waals surface area contributed by atoms with Crippen LogP contribution in [0.1, 0.15) is 29.6 Å². The molecule has 0 spiro atoms. The molecule has 0 aliphatic carbocycles. The van der Waals surface area contributed by atoms with Crippen LogP contribution in [0.3, 0.4) is 0 Å². The fourth-order valence-electron chi connectivity index (χ4n) is 2.31. The molecule has 0 unspecified atom stereocenters. The van der Waals surface area contributed by atoms with Gasteiger partial charge in [-0.2, -0.15) is 5.10 Å². The largest absolute Gasteiger partial charge is 0.477 e. The highest BCUT2D eigenvalue weighted by molar-refractivity contribution is 5.96. The summed E-state index contributed by atoms with van der Waals surface area (Å²) in [5.41, 5.74) is 0.626. The molecule has 0 radical (unpaired) electrons. The molecule has 1 aromatic heterocycles. The van der Waals surface area contributed by atoms with Crippen LogP contribution >= 0.6 is 0 Å². The SMILES string of the molecule is O=C(c1cnn2c1OCCC2)N1CCCC1. The van der Waals surface area contributed by atoms with E-state index in [0.29, 0.717) is 18.1 Å². The molecule has 3 heterocycles. The van der Waals surface area contributed by atoms with Crippen LogP contribution in [0.5, 0.6) is 5.88 Å². The van der Waals surface area contributed by atoms with Gasteiger partial charge in [-0.25, -0.2) is 4.68 Å². The average Bonchev–Trinajstić information content (AvgIpc) is 2.98. The third-order valence-corrected chi connectivity index (χ3v) is 3.17. The van der Waals surface area contributed by atoms with E-state index in [1.165, 1.54) is 0 Å². The van der Waals surface area contributed by atoms with Gasteiger partial charge in [0.2, 0.25) is 5.88 Å². The van der Waals surface area contributed by atoms with Crippen molar-refractivity contribution in [2.24, 2.45) is 0 Å². The zero-order valence-corrected chi connectivity index (χ0v) is 9.19. The molecule has 0 saturated carbocycles. The van der Waals surface area contributed by atoms with Crippen LogP contribution in [0.15, 0.2) is 6.20 Å². The van der Waals surface area contributed by atoms with E-state index < -0.39 is 0 Å². The number of amides is 1. The first-order chi connectivity index (χ1) is 7.86. The number of aromatic nitrogens is 2. The fraction of sp³-hybridized carbons (Fsp3) is 0.636. The van der Waals surface area contributed by atoms with Crippen LogP contribution in [0.4, 0.5) is 0 Å². The summed E-state index contributed by atoms with van der Waals surface area (Å²) >= 11 is 0. The van der Waals surface area contributed by atoms with Crippen LogP contribution in [0.25, 0.3) is 0 Å². The quantitative estimate of drug-likeness (QED) is 0.708. The average molecular weight is 221 g/mol. The van der Waals surface area contributed by atoms with E-state index in [0.717, 1.165) is 38.9 Å². The maximum Gasteiger partial charge on any atom is 0.260 e. The van der Waals surface area contributed by atoms with E-state index in [4.69, 9.17) is 4.74 Å². The Morgan fingerprint density at radius 1 is 1.25 bits per heavy atom. The Hall–Kier alpha value is -1.52. The Balaban J connectivity index is 1.88. The van der Waals surface area contributed by atoms with Crippen LogP contribution < -0.4 is 4.74 Å². The van der Waals surface area contributed by atoms with Gasteiger partial charge in [0.1, 0.15) is 5.56 Å². The standard InChI is InChI=1S/C11H15N3O2/c15-10(13-4-1-2-5-13)9-8-12-14-6-3-7-16-11(9)14/h8H,1-7H2. The normalized spacial score (nSPS) is 19.4. The summed E-state index contributed by atoms with van der Waals surface area (Å²) in [4.78, 5) is 14.1. The number of carbonyl (C=O) groups is 1. The van der Waals surface area contributed by atoms with Crippen LogP contribution in [-0.2, 0) is 6.54 Å². The van der Waals surface area contributed by atoms with Crippen LogP contribution in [0.2, 0.25) is 0 Å². The predicted molar refractivity (Wildman–Crippen MR) is 57.5 cm³/mol. The molecular formula is C11H15N3O2. The molecule has 5 heteroatoms. The lowest BCUT2D eigenvalue weighted by atomic mass is 10.3. The predicted octanol–water partition coefficient (Wildman–Crippen LogP) is 0.902. The number of rotatable bonds is 1. The number of aryl methyl sites for hydroxylation is 1. The maximum atomic E-state index is 12.2. The molecule has 0 bridgehead atoms. The Morgan fingerprint density at radius 3 is 2.88 bits per heavy atom. The number of hydrogen-bond donors (Lipinski definition) is 0. The van der Waals surface area contributed by atoms with Gasteiger partial charge < -0.3 is 9.64 Å². The Morgan fingerprint density at radius 2 is 2.06 bits per heavy atom. The van der Waals surface area contributed by atoms with Crippen molar-refractivity contribution in [3.05, 3.63) is 11.8 Å². The summed E-state index contributed by atoms with van der Waals surface area (Å²) in [6.45, 7) is 3.27. The second-order valence-electron chi connectivity index (χ2n) is 4.29. The lowest BCUT2D eigenvalue weighted by Crippen LogP contribution is -2.28. The Labute approximate surface area is 94.0 Å². The minimum atomic E-state index is 0.0700. The second-order valence-corrected chi connectivity index (χ2v) is 4.29. The number of hydrogen-bond acceptors (Lipinski definition) is 3. The van der Waals surface area contributed by atoms with Gasteiger partial charge in [0.05, 0.1) is 12.8 Å². The van der Waals surface area contributed by atoms with Gasteiger partial charge in [0.15, 0.2) is 0 Å². The van der Waals surface area contributed by atoms with E-state index in [1.807, 2.05) is 4.90 Å². The highest BCUT2D eigenvalue weighted by Gasteiger charge is 2.26. The smallest absolute Gasteiger partial charge is 0.260 e. The van der Waals surface area contributed by atoms with Gasteiger partial charge in [-0.05, 0) is 12.8 Å². The van der Waals surface area contributed by atoms with Crippen molar-refractivity contribution in [1.29, 1.82) is 0 Å². The number of fused-ring (bicyclic) bond motifs is 1. The molecule has 3 rings (SSSR count). The molecule has 1 aromatic rings. The van der Waals surface area contributed by atoms with Gasteiger partial charge in [-0.3, -0.25) is 4.79 Å². The molecule has 2 aliphatic rings. The summed E-state index contributed by atoms with van der Waals surface area (Å²) in [7, 11) is 0. The highest BCUT2D eigenvalue weighted by Crippen LogP contribution is 2.24. The zero-order chi connectivity index (χ0) is 11.0. The van der Waals surface area contributed by atoms with Crippen molar-refractivity contribution in [2.75, 3.05) is 19.7 Å². The minimum absolute atomic E-state index is 0.0700. The summed E-state index contributed by atoms with van der Waals surface area (Å²) in [5, 5.41) is 4.19. The van der Waals surface area contributed by atoms with Crippen molar-refractivity contribution in [3.8, 4) is 5.88 Å².